The van der Waals surface area contributed by atoms with Crippen molar-refractivity contribution in [2.75, 3.05) is 5.32 Å². The lowest BCUT2D eigenvalue weighted by Gasteiger charge is -2.09. The molecule has 0 aliphatic carbocycles. The number of benzene rings is 2. The molecule has 1 N–H and O–H groups in total. The molecule has 0 aliphatic rings. The van der Waals surface area contributed by atoms with Crippen LogP contribution in [-0.2, 0) is 6.54 Å². The summed E-state index contributed by atoms with van der Waals surface area (Å²) in [6.45, 7) is 0.509. The first-order chi connectivity index (χ1) is 9.11. The Morgan fingerprint density at radius 3 is 2.68 bits per heavy atom. The third-order valence-corrected chi connectivity index (χ3v) is 3.84. The molecule has 0 unspecified atom stereocenters. The molecule has 0 fully saturated rings. The molecule has 19 heavy (non-hydrogen) atoms. The molecule has 2 aromatic rings. The fourth-order valence-electron chi connectivity index (χ4n) is 1.62. The molecule has 2 aromatic carbocycles. The molecule has 96 valence electrons. The van der Waals surface area contributed by atoms with Crippen molar-refractivity contribution in [2.45, 2.75) is 6.54 Å². The molecule has 0 aliphatic heterocycles. The zero-order valence-corrected chi connectivity index (χ0v) is 12.9. The zero-order chi connectivity index (χ0) is 13.8. The first kappa shape index (κ1) is 14.0. The van der Waals surface area contributed by atoms with Crippen molar-refractivity contribution in [3.63, 3.8) is 0 Å². The van der Waals surface area contributed by atoms with Gasteiger partial charge in [0.05, 0.1) is 15.7 Å². The normalized spacial score (nSPS) is 10.0. The van der Waals surface area contributed by atoms with Gasteiger partial charge in [-0.1, -0.05) is 28.1 Å². The Morgan fingerprint density at radius 2 is 2.00 bits per heavy atom. The SMILES string of the molecule is N#Cc1ccc(NCc2cccc(Br)c2)c(F)c1Br. The summed E-state index contributed by atoms with van der Waals surface area (Å²) in [5, 5.41) is 11.8. The van der Waals surface area contributed by atoms with Gasteiger partial charge in [0.1, 0.15) is 6.07 Å². The largest absolute Gasteiger partial charge is 0.379 e. The standard InChI is InChI=1S/C14H9Br2FN2/c15-11-3-1-2-9(6-11)8-19-12-5-4-10(7-18)13(16)14(12)17/h1-6,19H,8H2. The minimum Gasteiger partial charge on any atom is -0.379 e. The van der Waals surface area contributed by atoms with Crippen molar-refractivity contribution in [3.05, 3.63) is 62.3 Å². The van der Waals surface area contributed by atoms with Gasteiger partial charge in [-0.2, -0.15) is 5.26 Å². The van der Waals surface area contributed by atoms with Gasteiger partial charge in [-0.05, 0) is 45.8 Å². The van der Waals surface area contributed by atoms with Crippen LogP contribution in [0.1, 0.15) is 11.1 Å². The number of hydrogen-bond acceptors (Lipinski definition) is 2. The third kappa shape index (κ3) is 3.34. The maximum absolute atomic E-state index is 14.0. The number of nitriles is 1. The van der Waals surface area contributed by atoms with Gasteiger partial charge < -0.3 is 5.32 Å². The van der Waals surface area contributed by atoms with E-state index in [0.29, 0.717) is 12.2 Å². The number of rotatable bonds is 3. The van der Waals surface area contributed by atoms with Gasteiger partial charge in [-0.15, -0.1) is 0 Å². The Labute approximate surface area is 127 Å². The van der Waals surface area contributed by atoms with Crippen molar-refractivity contribution >= 4 is 37.5 Å². The van der Waals surface area contributed by atoms with E-state index >= 15 is 0 Å². The van der Waals surface area contributed by atoms with Crippen LogP contribution >= 0.6 is 31.9 Å². The molecule has 0 radical (unpaired) electrons. The highest BCUT2D eigenvalue weighted by molar-refractivity contribution is 9.10. The lowest BCUT2D eigenvalue weighted by molar-refractivity contribution is 0.623. The summed E-state index contributed by atoms with van der Waals surface area (Å²) in [4.78, 5) is 0. The highest BCUT2D eigenvalue weighted by Crippen LogP contribution is 2.27. The topological polar surface area (TPSA) is 35.8 Å². The molecule has 0 saturated heterocycles. The molecule has 0 spiro atoms. The van der Waals surface area contributed by atoms with Crippen molar-refractivity contribution in [1.82, 2.24) is 0 Å². The molecule has 0 aromatic heterocycles. The molecular formula is C14H9Br2FN2. The molecule has 0 bridgehead atoms. The van der Waals surface area contributed by atoms with Gasteiger partial charge in [-0.25, -0.2) is 4.39 Å². The van der Waals surface area contributed by atoms with Crippen LogP contribution in [-0.4, -0.2) is 0 Å². The predicted molar refractivity (Wildman–Crippen MR) is 80.3 cm³/mol. The zero-order valence-electron chi connectivity index (χ0n) is 9.75. The maximum atomic E-state index is 14.0. The van der Waals surface area contributed by atoms with Crippen LogP contribution in [0.2, 0.25) is 0 Å². The average molecular weight is 384 g/mol. The van der Waals surface area contributed by atoms with E-state index in [0.717, 1.165) is 10.0 Å². The smallest absolute Gasteiger partial charge is 0.161 e. The van der Waals surface area contributed by atoms with Gasteiger partial charge in [0.2, 0.25) is 0 Å². The summed E-state index contributed by atoms with van der Waals surface area (Å²) in [7, 11) is 0. The van der Waals surface area contributed by atoms with E-state index in [1.807, 2.05) is 30.3 Å². The first-order valence-electron chi connectivity index (χ1n) is 5.48. The molecular weight excluding hydrogens is 375 g/mol. The Hall–Kier alpha value is -1.38. The highest BCUT2D eigenvalue weighted by atomic mass is 79.9. The fourth-order valence-corrected chi connectivity index (χ4v) is 2.50. The predicted octanol–water partition coefficient (Wildman–Crippen LogP) is 4.83. The summed E-state index contributed by atoms with van der Waals surface area (Å²) in [6, 6.07) is 12.8. The molecule has 0 saturated carbocycles. The number of halogens is 3. The second-order valence-electron chi connectivity index (χ2n) is 3.88. The third-order valence-electron chi connectivity index (χ3n) is 2.57. The van der Waals surface area contributed by atoms with E-state index in [-0.39, 0.29) is 10.0 Å². The van der Waals surface area contributed by atoms with Crippen LogP contribution < -0.4 is 5.32 Å². The van der Waals surface area contributed by atoms with Crippen LogP contribution in [0.4, 0.5) is 10.1 Å². The van der Waals surface area contributed by atoms with E-state index in [1.165, 1.54) is 0 Å². The minimum absolute atomic E-state index is 0.189. The summed E-state index contributed by atoms with van der Waals surface area (Å²) < 4.78 is 15.1. The number of nitrogens with one attached hydrogen (secondary N) is 1. The van der Waals surface area contributed by atoms with Crippen LogP contribution in [0.15, 0.2) is 45.3 Å². The van der Waals surface area contributed by atoms with Gasteiger partial charge in [-0.3, -0.25) is 0 Å². The fraction of sp³-hybridized carbons (Fsp3) is 0.0714. The van der Waals surface area contributed by atoms with Gasteiger partial charge >= 0.3 is 0 Å². The molecule has 5 heteroatoms. The summed E-state index contributed by atoms with van der Waals surface area (Å²) in [5.74, 6) is -0.450. The van der Waals surface area contributed by atoms with Gasteiger partial charge in [0.25, 0.3) is 0 Å². The van der Waals surface area contributed by atoms with Crippen LogP contribution in [0.3, 0.4) is 0 Å². The average Bonchev–Trinajstić information content (AvgIpc) is 2.41. The van der Waals surface area contributed by atoms with Crippen molar-refractivity contribution in [1.29, 1.82) is 5.26 Å². The first-order valence-corrected chi connectivity index (χ1v) is 7.07. The minimum atomic E-state index is -0.450. The van der Waals surface area contributed by atoms with Crippen molar-refractivity contribution in [2.24, 2.45) is 0 Å². The van der Waals surface area contributed by atoms with Crippen LogP contribution in [0.5, 0.6) is 0 Å². The van der Waals surface area contributed by atoms with Crippen LogP contribution in [0, 0.1) is 17.1 Å². The van der Waals surface area contributed by atoms with E-state index in [4.69, 9.17) is 5.26 Å². The van der Waals surface area contributed by atoms with Gasteiger partial charge in [0, 0.05) is 11.0 Å². The van der Waals surface area contributed by atoms with E-state index in [9.17, 15) is 4.39 Å². The van der Waals surface area contributed by atoms with Crippen molar-refractivity contribution in [3.8, 4) is 6.07 Å². The Balaban J connectivity index is 2.17. The number of nitrogens with zero attached hydrogens (tertiary/aromatic N) is 1. The molecule has 2 nitrogen and oxygen atoms in total. The lowest BCUT2D eigenvalue weighted by Crippen LogP contribution is -2.02. The highest BCUT2D eigenvalue weighted by Gasteiger charge is 2.10. The van der Waals surface area contributed by atoms with Crippen LogP contribution in [0.25, 0.3) is 0 Å². The number of anilines is 1. The number of hydrogen-bond donors (Lipinski definition) is 1. The summed E-state index contributed by atoms with van der Waals surface area (Å²) >= 11 is 6.47. The second-order valence-corrected chi connectivity index (χ2v) is 5.59. The van der Waals surface area contributed by atoms with E-state index in [2.05, 4.69) is 37.2 Å². The Morgan fingerprint density at radius 1 is 1.21 bits per heavy atom. The molecule has 0 amide bonds. The Kier molecular flexibility index (Phi) is 4.56. The quantitative estimate of drug-likeness (QED) is 0.823. The van der Waals surface area contributed by atoms with E-state index < -0.39 is 5.82 Å². The van der Waals surface area contributed by atoms with Crippen molar-refractivity contribution < 1.29 is 4.39 Å². The van der Waals surface area contributed by atoms with Gasteiger partial charge in [0.15, 0.2) is 5.82 Å². The monoisotopic (exact) mass is 382 g/mol. The molecule has 0 atom stereocenters. The molecule has 2 rings (SSSR count). The summed E-state index contributed by atoms with van der Waals surface area (Å²) in [6.07, 6.45) is 0. The van der Waals surface area contributed by atoms with E-state index in [1.54, 1.807) is 12.1 Å². The Bertz CT molecular complexity index is 650. The molecule has 0 heterocycles. The second kappa shape index (κ2) is 6.18. The maximum Gasteiger partial charge on any atom is 0.161 e. The summed E-state index contributed by atoms with van der Waals surface area (Å²) in [5.41, 5.74) is 1.69. The lowest BCUT2D eigenvalue weighted by atomic mass is 10.2.